The average molecular weight is 435 g/mol. The molecule has 0 spiro atoms. The molecule has 1 saturated heterocycles. The van der Waals surface area contributed by atoms with Crippen molar-refractivity contribution in [1.82, 2.24) is 9.71 Å². The molecule has 29 heavy (non-hydrogen) atoms. The summed E-state index contributed by atoms with van der Waals surface area (Å²) in [4.78, 5) is 19.3. The molecular weight excluding hydrogens is 412 g/mol. The first-order valence-electron chi connectivity index (χ1n) is 9.15. The highest BCUT2D eigenvalue weighted by Crippen LogP contribution is 2.33. The van der Waals surface area contributed by atoms with Crippen LogP contribution in [0, 0.1) is 18.3 Å². The molecule has 1 amide bonds. The Morgan fingerprint density at radius 3 is 2.69 bits per heavy atom. The predicted octanol–water partition coefficient (Wildman–Crippen LogP) is 2.72. The van der Waals surface area contributed by atoms with Crippen LogP contribution in [0.25, 0.3) is 0 Å². The van der Waals surface area contributed by atoms with Crippen molar-refractivity contribution in [3.05, 3.63) is 40.4 Å². The number of amides is 1. The van der Waals surface area contributed by atoms with Crippen LogP contribution < -0.4 is 9.62 Å². The number of anilines is 2. The molecule has 0 radical (unpaired) electrons. The zero-order valence-electron chi connectivity index (χ0n) is 16.2. The van der Waals surface area contributed by atoms with Gasteiger partial charge in [0.15, 0.2) is 5.13 Å². The molecule has 0 aliphatic carbocycles. The van der Waals surface area contributed by atoms with Crippen LogP contribution in [0.3, 0.4) is 0 Å². The molecule has 0 saturated carbocycles. The van der Waals surface area contributed by atoms with Gasteiger partial charge < -0.3 is 9.64 Å². The fraction of sp³-hybridized carbons (Fsp3) is 0.421. The Labute approximate surface area is 174 Å². The number of nitrogens with zero attached hydrogens (tertiary/aromatic N) is 3. The lowest BCUT2D eigenvalue weighted by atomic mass is 10.1. The summed E-state index contributed by atoms with van der Waals surface area (Å²) >= 11 is 1.31. The van der Waals surface area contributed by atoms with Gasteiger partial charge in [0.25, 0.3) is 5.91 Å². The summed E-state index contributed by atoms with van der Waals surface area (Å²) in [6.45, 7) is 2.99. The summed E-state index contributed by atoms with van der Waals surface area (Å²) in [5.74, 6) is -0.749. The maximum atomic E-state index is 12.3. The van der Waals surface area contributed by atoms with Gasteiger partial charge >= 0.3 is 0 Å². The molecule has 1 fully saturated rings. The number of nitrogens with one attached hydrogen (secondary N) is 1. The number of hydrogen-bond acceptors (Lipinski definition) is 8. The topological polar surface area (TPSA) is 112 Å². The third-order valence-corrected chi connectivity index (χ3v) is 6.03. The third kappa shape index (κ3) is 5.53. The van der Waals surface area contributed by atoms with E-state index in [0.29, 0.717) is 28.7 Å². The van der Waals surface area contributed by atoms with Crippen LogP contribution in [0.5, 0.6) is 0 Å². The summed E-state index contributed by atoms with van der Waals surface area (Å²) in [6.07, 6.45) is 4.01. The first kappa shape index (κ1) is 21.2. The largest absolute Gasteiger partial charge is 0.376 e. The zero-order chi connectivity index (χ0) is 21.0. The van der Waals surface area contributed by atoms with E-state index < -0.39 is 15.9 Å². The van der Waals surface area contributed by atoms with Gasteiger partial charge in [-0.05, 0) is 50.5 Å². The van der Waals surface area contributed by atoms with Gasteiger partial charge in [0.1, 0.15) is 5.69 Å². The van der Waals surface area contributed by atoms with E-state index in [2.05, 4.69) is 11.1 Å². The minimum atomic E-state index is -3.68. The lowest BCUT2D eigenvalue weighted by molar-refractivity contribution is 0.0222. The highest BCUT2D eigenvalue weighted by Gasteiger charge is 2.25. The molecule has 2 heterocycles. The van der Waals surface area contributed by atoms with Crippen molar-refractivity contribution in [2.24, 2.45) is 0 Å². The van der Waals surface area contributed by atoms with Crippen molar-refractivity contribution in [3.8, 4) is 6.07 Å². The Bertz CT molecular complexity index is 1020. The number of carbonyl (C=O) groups excluding carboxylic acids is 1. The third-order valence-electron chi connectivity index (χ3n) is 4.48. The average Bonchev–Trinajstić information content (AvgIpc) is 3.07. The Morgan fingerprint density at radius 1 is 1.38 bits per heavy atom. The van der Waals surface area contributed by atoms with Gasteiger partial charge in [0, 0.05) is 17.2 Å². The highest BCUT2D eigenvalue weighted by atomic mass is 32.2. The molecule has 3 rings (SSSR count). The van der Waals surface area contributed by atoms with Crippen LogP contribution in [-0.2, 0) is 14.8 Å². The summed E-state index contributed by atoms with van der Waals surface area (Å²) in [5, 5.41) is 9.62. The van der Waals surface area contributed by atoms with Gasteiger partial charge in [0.05, 0.1) is 30.5 Å². The van der Waals surface area contributed by atoms with Crippen molar-refractivity contribution in [1.29, 1.82) is 5.26 Å². The minimum Gasteiger partial charge on any atom is -0.376 e. The maximum Gasteiger partial charge on any atom is 0.284 e. The molecular formula is C19H22N4O4S2. The van der Waals surface area contributed by atoms with Crippen LogP contribution in [0.15, 0.2) is 24.3 Å². The summed E-state index contributed by atoms with van der Waals surface area (Å²) < 4.78 is 30.6. The van der Waals surface area contributed by atoms with Gasteiger partial charge in [-0.2, -0.15) is 5.26 Å². The van der Waals surface area contributed by atoms with E-state index in [1.54, 1.807) is 19.1 Å². The molecule has 2 aromatic rings. The second-order valence-corrected chi connectivity index (χ2v) is 9.79. The van der Waals surface area contributed by atoms with Crippen molar-refractivity contribution < 1.29 is 17.9 Å². The molecule has 0 bridgehead atoms. The number of rotatable bonds is 6. The normalized spacial score (nSPS) is 16.8. The van der Waals surface area contributed by atoms with E-state index in [4.69, 9.17) is 10.00 Å². The number of benzene rings is 1. The number of aryl methyl sites for hydroxylation is 1. The van der Waals surface area contributed by atoms with Gasteiger partial charge in [-0.3, -0.25) is 4.79 Å². The van der Waals surface area contributed by atoms with E-state index in [0.717, 1.165) is 31.2 Å². The highest BCUT2D eigenvalue weighted by molar-refractivity contribution is 7.89. The van der Waals surface area contributed by atoms with E-state index >= 15 is 0 Å². The first-order chi connectivity index (χ1) is 13.8. The number of nitriles is 1. The van der Waals surface area contributed by atoms with Crippen LogP contribution in [0.4, 0.5) is 10.8 Å². The zero-order valence-corrected chi connectivity index (χ0v) is 17.8. The number of carbonyl (C=O) groups is 1. The second kappa shape index (κ2) is 8.90. The van der Waals surface area contributed by atoms with Crippen LogP contribution >= 0.6 is 11.3 Å². The second-order valence-electron chi connectivity index (χ2n) is 6.86. The van der Waals surface area contributed by atoms with Crippen molar-refractivity contribution in [2.45, 2.75) is 32.3 Å². The van der Waals surface area contributed by atoms with Crippen LogP contribution in [-0.4, -0.2) is 44.8 Å². The lowest BCUT2D eigenvalue weighted by Gasteiger charge is -2.29. The van der Waals surface area contributed by atoms with Crippen molar-refractivity contribution in [2.75, 3.05) is 24.3 Å². The van der Waals surface area contributed by atoms with E-state index in [1.807, 2.05) is 21.8 Å². The lowest BCUT2D eigenvalue weighted by Crippen LogP contribution is -2.33. The quantitative estimate of drug-likeness (QED) is 0.744. The number of hydrogen-bond donors (Lipinski definition) is 1. The van der Waals surface area contributed by atoms with Gasteiger partial charge in [-0.25, -0.2) is 18.1 Å². The molecule has 8 nitrogen and oxygen atoms in total. The number of thiazole rings is 1. The van der Waals surface area contributed by atoms with Crippen molar-refractivity contribution in [3.63, 3.8) is 0 Å². The number of sulfonamides is 1. The SMILES string of the molecule is Cc1sc(N(CC2CCCCO2)c2ccc(C#N)cc2)nc1C(=O)NS(C)(=O)=O. The predicted molar refractivity (Wildman–Crippen MR) is 111 cm³/mol. The molecule has 1 aromatic heterocycles. The van der Waals surface area contributed by atoms with Crippen molar-refractivity contribution >= 4 is 38.1 Å². The number of ether oxygens (including phenoxy) is 1. The summed E-state index contributed by atoms with van der Waals surface area (Å²) in [7, 11) is -3.68. The van der Waals surface area contributed by atoms with E-state index in [1.165, 1.54) is 11.3 Å². The van der Waals surface area contributed by atoms with Crippen LogP contribution in [0.2, 0.25) is 0 Å². The first-order valence-corrected chi connectivity index (χ1v) is 11.9. The fourth-order valence-electron chi connectivity index (χ4n) is 3.09. The number of aromatic nitrogens is 1. The van der Waals surface area contributed by atoms with Gasteiger partial charge in [-0.15, -0.1) is 11.3 Å². The molecule has 1 aliphatic heterocycles. The molecule has 1 N–H and O–H groups in total. The Hall–Kier alpha value is -2.48. The van der Waals surface area contributed by atoms with Gasteiger partial charge in [0.2, 0.25) is 10.0 Å². The molecule has 1 aromatic carbocycles. The molecule has 1 atom stereocenters. The Morgan fingerprint density at radius 2 is 2.10 bits per heavy atom. The standard InChI is InChI=1S/C19H22N4O4S2/c1-13-17(18(24)22-29(2,25)26)21-19(28-13)23(12-16-5-3-4-10-27-16)15-8-6-14(11-20)7-9-15/h6-9,16H,3-5,10,12H2,1-2H3,(H,22,24). The smallest absolute Gasteiger partial charge is 0.284 e. The molecule has 10 heteroatoms. The van der Waals surface area contributed by atoms with Gasteiger partial charge in [-0.1, -0.05) is 0 Å². The fourth-order valence-corrected chi connectivity index (χ4v) is 4.46. The molecule has 1 unspecified atom stereocenters. The molecule has 1 aliphatic rings. The van der Waals surface area contributed by atoms with Crippen LogP contribution in [0.1, 0.15) is 40.2 Å². The molecule has 154 valence electrons. The maximum absolute atomic E-state index is 12.3. The summed E-state index contributed by atoms with van der Waals surface area (Å²) in [5.41, 5.74) is 1.45. The Balaban J connectivity index is 1.93. The monoisotopic (exact) mass is 434 g/mol. The Kier molecular flexibility index (Phi) is 6.52. The van der Waals surface area contributed by atoms with E-state index in [9.17, 15) is 13.2 Å². The van der Waals surface area contributed by atoms with E-state index in [-0.39, 0.29) is 11.8 Å². The minimum absolute atomic E-state index is 0.0249. The summed E-state index contributed by atoms with van der Waals surface area (Å²) in [6, 6.07) is 9.20.